The van der Waals surface area contributed by atoms with E-state index in [0.29, 0.717) is 0 Å². The van der Waals surface area contributed by atoms with Crippen LogP contribution in [0.2, 0.25) is 0 Å². The predicted molar refractivity (Wildman–Crippen MR) is 193 cm³/mol. The molecule has 10 rings (SSSR count). The zero-order valence-electron chi connectivity index (χ0n) is 23.9. The van der Waals surface area contributed by atoms with Crippen molar-refractivity contribution in [2.24, 2.45) is 0 Å². The number of benzene rings is 6. The quantitative estimate of drug-likeness (QED) is 0.199. The Balaban J connectivity index is 1.35. The summed E-state index contributed by atoms with van der Waals surface area (Å²) in [5.41, 5.74) is 7.55. The minimum Gasteiger partial charge on any atom is -0.308 e. The third kappa shape index (κ3) is 3.62. The molecule has 0 amide bonds. The molecule has 0 atom stereocenters. The van der Waals surface area contributed by atoms with Crippen molar-refractivity contribution in [1.29, 1.82) is 0 Å². The molecule has 0 aliphatic carbocycles. The summed E-state index contributed by atoms with van der Waals surface area (Å²) >= 11 is 3.62. The van der Waals surface area contributed by atoms with Crippen LogP contribution in [0.1, 0.15) is 0 Å². The molecule has 3 nitrogen and oxygen atoms in total. The maximum atomic E-state index is 5.36. The lowest BCUT2D eigenvalue weighted by molar-refractivity contribution is 1.16. The lowest BCUT2D eigenvalue weighted by atomic mass is 10.1. The Morgan fingerprint density at radius 1 is 0.489 bits per heavy atom. The highest BCUT2D eigenvalue weighted by Gasteiger charge is 2.22. The van der Waals surface area contributed by atoms with Crippen LogP contribution in [0.5, 0.6) is 0 Å². The van der Waals surface area contributed by atoms with Gasteiger partial charge in [-0.2, -0.15) is 0 Å². The lowest BCUT2D eigenvalue weighted by Gasteiger charge is -2.15. The monoisotopic (exact) mass is 609 g/mol. The minimum atomic E-state index is 0.730. The number of aromatic nitrogens is 3. The largest absolute Gasteiger partial charge is 0.308 e. The number of thiophene rings is 2. The molecule has 0 aliphatic rings. The Morgan fingerprint density at radius 3 is 2.04 bits per heavy atom. The average Bonchev–Trinajstić information content (AvgIpc) is 3.77. The second-order valence-electron chi connectivity index (χ2n) is 11.3. The van der Waals surface area contributed by atoms with E-state index in [2.05, 4.69) is 144 Å². The summed E-state index contributed by atoms with van der Waals surface area (Å²) in [5.74, 6) is 0.730. The average molecular weight is 610 g/mol. The van der Waals surface area contributed by atoms with Crippen LogP contribution in [-0.4, -0.2) is 14.5 Å². The van der Waals surface area contributed by atoms with E-state index in [9.17, 15) is 0 Å². The fourth-order valence-corrected chi connectivity index (χ4v) is 9.14. The SMILES string of the molecule is c1ccc(-c2nc(-c3ccccc3-n3c4ccccc4c4ccc5sc6ccccc6c5c43)nc3c2sc2ccccc23)cc1. The van der Waals surface area contributed by atoms with Crippen LogP contribution < -0.4 is 0 Å². The first-order chi connectivity index (χ1) is 22.3. The Hall–Kier alpha value is -5.36. The maximum absolute atomic E-state index is 5.36. The smallest absolute Gasteiger partial charge is 0.162 e. The zero-order chi connectivity index (χ0) is 29.5. The van der Waals surface area contributed by atoms with Crippen molar-refractivity contribution >= 4 is 85.0 Å². The van der Waals surface area contributed by atoms with E-state index in [1.807, 2.05) is 11.3 Å². The summed E-state index contributed by atoms with van der Waals surface area (Å²) in [6.45, 7) is 0. The molecule has 0 saturated heterocycles. The molecular weight excluding hydrogens is 587 g/mol. The first-order valence-corrected chi connectivity index (χ1v) is 16.6. The van der Waals surface area contributed by atoms with Crippen molar-refractivity contribution in [1.82, 2.24) is 14.5 Å². The Morgan fingerprint density at radius 2 is 1.18 bits per heavy atom. The molecule has 45 heavy (non-hydrogen) atoms. The molecule has 5 heteroatoms. The van der Waals surface area contributed by atoms with Crippen molar-refractivity contribution in [2.75, 3.05) is 0 Å². The molecule has 0 radical (unpaired) electrons. The second kappa shape index (κ2) is 9.57. The van der Waals surface area contributed by atoms with Gasteiger partial charge in [-0.3, -0.25) is 0 Å². The van der Waals surface area contributed by atoms with Gasteiger partial charge in [0.25, 0.3) is 0 Å². The molecule has 0 bridgehead atoms. The van der Waals surface area contributed by atoms with Gasteiger partial charge >= 0.3 is 0 Å². The number of nitrogens with zero attached hydrogens (tertiary/aromatic N) is 3. The van der Waals surface area contributed by atoms with Crippen molar-refractivity contribution < 1.29 is 0 Å². The third-order valence-corrected chi connectivity index (χ3v) is 11.1. The van der Waals surface area contributed by atoms with Gasteiger partial charge in [-0.05, 0) is 36.4 Å². The third-order valence-electron chi connectivity index (χ3n) is 8.83. The summed E-state index contributed by atoms with van der Waals surface area (Å²) in [4.78, 5) is 10.7. The highest BCUT2D eigenvalue weighted by Crippen LogP contribution is 2.45. The van der Waals surface area contributed by atoms with Gasteiger partial charge in [-0.25, -0.2) is 9.97 Å². The maximum Gasteiger partial charge on any atom is 0.162 e. The molecular formula is C40H23N3S2. The van der Waals surface area contributed by atoms with Crippen LogP contribution in [0.4, 0.5) is 0 Å². The highest BCUT2D eigenvalue weighted by molar-refractivity contribution is 7.26. The molecule has 4 heterocycles. The molecule has 0 saturated carbocycles. The summed E-state index contributed by atoms with van der Waals surface area (Å²) < 4.78 is 7.38. The number of hydrogen-bond acceptors (Lipinski definition) is 4. The van der Waals surface area contributed by atoms with Gasteiger partial charge in [0, 0.05) is 52.2 Å². The first-order valence-electron chi connectivity index (χ1n) is 15.0. The van der Waals surface area contributed by atoms with Crippen LogP contribution in [0.3, 0.4) is 0 Å². The number of fused-ring (bicyclic) bond motifs is 10. The van der Waals surface area contributed by atoms with Crippen LogP contribution in [0.25, 0.3) is 90.6 Å². The second-order valence-corrected chi connectivity index (χ2v) is 13.5. The van der Waals surface area contributed by atoms with E-state index in [1.54, 1.807) is 11.3 Å². The van der Waals surface area contributed by atoms with Gasteiger partial charge in [-0.1, -0.05) is 103 Å². The van der Waals surface area contributed by atoms with Gasteiger partial charge in [-0.15, -0.1) is 22.7 Å². The zero-order valence-corrected chi connectivity index (χ0v) is 25.6. The van der Waals surface area contributed by atoms with E-state index in [0.717, 1.165) is 38.5 Å². The van der Waals surface area contributed by atoms with Gasteiger partial charge in [0.1, 0.15) is 0 Å². The molecule has 10 aromatic rings. The number of hydrogen-bond donors (Lipinski definition) is 0. The van der Waals surface area contributed by atoms with E-state index in [4.69, 9.17) is 9.97 Å². The van der Waals surface area contributed by atoms with Crippen molar-refractivity contribution in [3.63, 3.8) is 0 Å². The molecule has 0 unspecified atom stereocenters. The summed E-state index contributed by atoms with van der Waals surface area (Å²) in [6.07, 6.45) is 0. The minimum absolute atomic E-state index is 0.730. The predicted octanol–water partition coefficient (Wildman–Crippen LogP) is 11.6. The fourth-order valence-electron chi connectivity index (χ4n) is 6.88. The lowest BCUT2D eigenvalue weighted by Crippen LogP contribution is -2.00. The molecule has 0 fully saturated rings. The number of para-hydroxylation sites is 2. The normalized spacial score (nSPS) is 12.0. The Kier molecular flexibility index (Phi) is 5.32. The van der Waals surface area contributed by atoms with E-state index < -0.39 is 0 Å². The Labute approximate surface area is 266 Å². The topological polar surface area (TPSA) is 30.7 Å². The fraction of sp³-hybridized carbons (Fsp3) is 0. The molecule has 6 aromatic carbocycles. The van der Waals surface area contributed by atoms with Crippen molar-refractivity contribution in [3.05, 3.63) is 140 Å². The van der Waals surface area contributed by atoms with Gasteiger partial charge in [0.15, 0.2) is 5.82 Å². The summed E-state index contributed by atoms with van der Waals surface area (Å²) in [5, 5.41) is 6.24. The van der Waals surface area contributed by atoms with Crippen LogP contribution >= 0.6 is 22.7 Å². The van der Waals surface area contributed by atoms with Gasteiger partial charge < -0.3 is 4.57 Å². The number of rotatable bonds is 3. The van der Waals surface area contributed by atoms with Crippen molar-refractivity contribution in [2.45, 2.75) is 0 Å². The van der Waals surface area contributed by atoms with E-state index in [-0.39, 0.29) is 0 Å². The molecule has 210 valence electrons. The Bertz CT molecular complexity index is 2770. The highest BCUT2D eigenvalue weighted by atomic mass is 32.1. The van der Waals surface area contributed by atoms with E-state index >= 15 is 0 Å². The van der Waals surface area contributed by atoms with Crippen LogP contribution in [0.15, 0.2) is 140 Å². The first kappa shape index (κ1) is 25.0. The van der Waals surface area contributed by atoms with Crippen LogP contribution in [-0.2, 0) is 0 Å². The summed E-state index contributed by atoms with van der Waals surface area (Å²) in [7, 11) is 0. The molecule has 0 aliphatic heterocycles. The van der Waals surface area contributed by atoms with Gasteiger partial charge in [0.2, 0.25) is 0 Å². The van der Waals surface area contributed by atoms with E-state index in [1.165, 1.54) is 52.1 Å². The molecule has 0 N–H and O–H groups in total. The van der Waals surface area contributed by atoms with Gasteiger partial charge in [0.05, 0.1) is 32.6 Å². The van der Waals surface area contributed by atoms with Crippen molar-refractivity contribution in [3.8, 4) is 28.3 Å². The molecule has 0 spiro atoms. The summed E-state index contributed by atoms with van der Waals surface area (Å²) in [6, 6.07) is 49.8. The standard InChI is InChI=1S/C40H23N3S2/c1-2-12-24(13-3-1)36-39-37(29-17-7-11-21-33(29)45-39)42-40(41-36)27-15-5-9-19-31(27)43-30-18-8-4-14-25(30)26-22-23-34-35(38(26)43)28-16-6-10-20-32(28)44-34/h1-23H. The molecule has 4 aromatic heterocycles. The van der Waals surface area contributed by atoms with Crippen LogP contribution in [0, 0.1) is 0 Å².